The number of nitrogens with zero attached hydrogens (tertiary/aromatic N) is 7. The maximum Gasteiger partial charge on any atom is 0.416 e. The molecule has 0 aliphatic rings. The lowest BCUT2D eigenvalue weighted by molar-refractivity contribution is -0.138. The van der Waals surface area contributed by atoms with Crippen LogP contribution in [-0.2, 0) is 12.4 Å². The highest BCUT2D eigenvalue weighted by Crippen LogP contribution is 2.42. The van der Waals surface area contributed by atoms with Crippen LogP contribution in [0.4, 0.5) is 32.0 Å². The Balaban J connectivity index is 1.27. The Bertz CT molecular complexity index is 3320. The van der Waals surface area contributed by atoms with Crippen LogP contribution in [0.25, 0.3) is 94.0 Å². The molecule has 0 N–H and O–H groups in total. The smallest absolute Gasteiger partial charge is 0.309 e. The molecular weight excluding hydrogens is 801 g/mol. The summed E-state index contributed by atoms with van der Waals surface area (Å²) in [5.74, 6) is 0.444. The Hall–Kier alpha value is -8.29. The maximum absolute atomic E-state index is 14.0. The van der Waals surface area contributed by atoms with E-state index >= 15 is 0 Å². The molecule has 0 aliphatic carbocycles. The molecular formula is C49H25F6N7. The van der Waals surface area contributed by atoms with Gasteiger partial charge in [-0.15, -0.1) is 0 Å². The first-order chi connectivity index (χ1) is 29.9. The summed E-state index contributed by atoms with van der Waals surface area (Å²) in [5.41, 5.74) is 3.26. The van der Waals surface area contributed by atoms with Crippen molar-refractivity contribution in [3.63, 3.8) is 0 Å². The average Bonchev–Trinajstić information content (AvgIpc) is 3.80. The fourth-order valence-corrected chi connectivity index (χ4v) is 8.10. The summed E-state index contributed by atoms with van der Waals surface area (Å²) >= 11 is 0. The van der Waals surface area contributed by atoms with E-state index in [0.717, 1.165) is 24.3 Å². The molecule has 0 aliphatic heterocycles. The van der Waals surface area contributed by atoms with Crippen molar-refractivity contribution in [3.8, 4) is 51.6 Å². The van der Waals surface area contributed by atoms with Gasteiger partial charge in [0.1, 0.15) is 0 Å². The first-order valence-corrected chi connectivity index (χ1v) is 19.0. The quantitative estimate of drug-likeness (QED) is 0.128. The van der Waals surface area contributed by atoms with Crippen LogP contribution in [0, 0.1) is 17.9 Å². The van der Waals surface area contributed by atoms with Crippen LogP contribution in [0.2, 0.25) is 0 Å². The van der Waals surface area contributed by atoms with Gasteiger partial charge in [-0.3, -0.25) is 0 Å². The van der Waals surface area contributed by atoms with Crippen molar-refractivity contribution in [2.75, 3.05) is 0 Å². The van der Waals surface area contributed by atoms with Gasteiger partial charge in [0.05, 0.1) is 62.8 Å². The average molecular weight is 826 g/mol. The minimum atomic E-state index is -4.58. The van der Waals surface area contributed by atoms with E-state index in [9.17, 15) is 31.6 Å². The van der Waals surface area contributed by atoms with Gasteiger partial charge in [-0.05, 0) is 78.9 Å². The SMILES string of the molecule is [C-]#[N+]c1ccc(-n2c3ccccc3c3cc(C(F)(F)F)ccc32)c(-c2nc(-c3ccccc3)nc(-c3cc(C#N)ccc3-n3c4ccccc4c4cc(C(F)(F)F)ccc43)n2)c1. The summed E-state index contributed by atoms with van der Waals surface area (Å²) < 4.78 is 87.8. The number of benzene rings is 7. The van der Waals surface area contributed by atoms with Crippen molar-refractivity contribution in [2.45, 2.75) is 12.4 Å². The van der Waals surface area contributed by atoms with Crippen molar-refractivity contribution in [1.82, 2.24) is 24.1 Å². The molecule has 7 nitrogen and oxygen atoms in total. The van der Waals surface area contributed by atoms with E-state index in [2.05, 4.69) is 10.9 Å². The van der Waals surface area contributed by atoms with Crippen molar-refractivity contribution in [1.29, 1.82) is 5.26 Å². The first-order valence-electron chi connectivity index (χ1n) is 19.0. The van der Waals surface area contributed by atoms with Crippen LogP contribution in [-0.4, -0.2) is 24.1 Å². The molecule has 3 heterocycles. The number of hydrogen-bond acceptors (Lipinski definition) is 4. The summed E-state index contributed by atoms with van der Waals surface area (Å²) in [4.78, 5) is 18.6. The molecule has 10 aromatic rings. The third-order valence-corrected chi connectivity index (χ3v) is 10.9. The molecule has 0 spiro atoms. The van der Waals surface area contributed by atoms with Gasteiger partial charge >= 0.3 is 12.4 Å². The number of fused-ring (bicyclic) bond motifs is 6. The largest absolute Gasteiger partial charge is 0.416 e. The zero-order valence-electron chi connectivity index (χ0n) is 31.8. The molecule has 0 saturated heterocycles. The van der Waals surface area contributed by atoms with Crippen LogP contribution in [0.15, 0.2) is 152 Å². The van der Waals surface area contributed by atoms with Crippen molar-refractivity contribution in [3.05, 3.63) is 180 Å². The van der Waals surface area contributed by atoms with E-state index in [4.69, 9.17) is 21.5 Å². The van der Waals surface area contributed by atoms with Gasteiger partial charge < -0.3 is 9.13 Å². The fraction of sp³-hybridized carbons (Fsp3) is 0.0408. The molecule has 13 heteroatoms. The minimum Gasteiger partial charge on any atom is -0.309 e. The van der Waals surface area contributed by atoms with E-state index in [-0.39, 0.29) is 28.7 Å². The molecule has 0 bridgehead atoms. The van der Waals surface area contributed by atoms with Gasteiger partial charge in [-0.25, -0.2) is 19.8 Å². The monoisotopic (exact) mass is 825 g/mol. The maximum atomic E-state index is 14.0. The van der Waals surface area contributed by atoms with E-state index in [0.29, 0.717) is 71.7 Å². The lowest BCUT2D eigenvalue weighted by Crippen LogP contribution is -2.06. The number of aromatic nitrogens is 5. The first kappa shape index (κ1) is 37.9. The van der Waals surface area contributed by atoms with Gasteiger partial charge in [0.25, 0.3) is 0 Å². The molecule has 10 rings (SSSR count). The fourth-order valence-electron chi connectivity index (χ4n) is 8.10. The summed E-state index contributed by atoms with van der Waals surface area (Å²) in [5, 5.41) is 12.0. The van der Waals surface area contributed by atoms with E-state index in [1.54, 1.807) is 84.9 Å². The second-order valence-electron chi connectivity index (χ2n) is 14.5. The number of para-hydroxylation sites is 2. The predicted octanol–water partition coefficient (Wildman–Crippen LogP) is 13.5. The standard InChI is InChI=1S/C49H25F6N7/c1-57-32-18-22-44(62-40-14-8-6-12-34(40)36-25-31(49(53,54)55)17-21-42(36)62)38(26-32)47-59-45(29-9-3-2-4-10-29)58-46(60-47)37-23-28(27-56)15-19-43(37)61-39-13-7-5-11-33(39)35-24-30(48(50,51)52)16-20-41(35)61/h2-26H. The second-order valence-corrected chi connectivity index (χ2v) is 14.5. The third-order valence-electron chi connectivity index (χ3n) is 10.9. The zero-order chi connectivity index (χ0) is 42.9. The molecule has 62 heavy (non-hydrogen) atoms. The highest BCUT2D eigenvalue weighted by Gasteiger charge is 2.33. The minimum absolute atomic E-state index is 0.106. The Kier molecular flexibility index (Phi) is 8.68. The molecule has 0 unspecified atom stereocenters. The van der Waals surface area contributed by atoms with E-state index in [1.807, 2.05) is 39.5 Å². The van der Waals surface area contributed by atoms with Crippen LogP contribution < -0.4 is 0 Å². The molecule has 3 aromatic heterocycles. The molecule has 0 atom stereocenters. The zero-order valence-corrected chi connectivity index (χ0v) is 31.8. The van der Waals surface area contributed by atoms with Crippen LogP contribution >= 0.6 is 0 Å². The Morgan fingerprint density at radius 1 is 0.484 bits per heavy atom. The van der Waals surface area contributed by atoms with E-state index in [1.165, 1.54) is 12.1 Å². The number of nitriles is 1. The molecule has 7 aromatic carbocycles. The Morgan fingerprint density at radius 2 is 0.952 bits per heavy atom. The van der Waals surface area contributed by atoms with Gasteiger partial charge in [-0.2, -0.15) is 31.6 Å². The molecule has 0 radical (unpaired) electrons. The lowest BCUT2D eigenvalue weighted by atomic mass is 10.1. The van der Waals surface area contributed by atoms with Gasteiger partial charge in [0.2, 0.25) is 0 Å². The van der Waals surface area contributed by atoms with Crippen LogP contribution in [0.1, 0.15) is 16.7 Å². The summed E-state index contributed by atoms with van der Waals surface area (Å²) in [6.07, 6.45) is -9.16. The highest BCUT2D eigenvalue weighted by atomic mass is 19.4. The normalized spacial score (nSPS) is 12.0. The van der Waals surface area contributed by atoms with Gasteiger partial charge in [0, 0.05) is 38.2 Å². The Labute approximate surface area is 347 Å². The summed E-state index contributed by atoms with van der Waals surface area (Å²) in [6, 6.07) is 42.4. The molecule has 0 fully saturated rings. The van der Waals surface area contributed by atoms with Crippen molar-refractivity contribution < 1.29 is 26.3 Å². The van der Waals surface area contributed by atoms with Gasteiger partial charge in [-0.1, -0.05) is 72.8 Å². The number of alkyl halides is 6. The number of rotatable bonds is 5. The third kappa shape index (κ3) is 6.26. The predicted molar refractivity (Wildman–Crippen MR) is 226 cm³/mol. The molecule has 298 valence electrons. The second kappa shape index (κ2) is 14.2. The topological polar surface area (TPSA) is 76.7 Å². The summed E-state index contributed by atoms with van der Waals surface area (Å²) in [7, 11) is 0. The van der Waals surface area contributed by atoms with Crippen LogP contribution in [0.5, 0.6) is 0 Å². The van der Waals surface area contributed by atoms with Gasteiger partial charge in [0.15, 0.2) is 23.2 Å². The molecule has 0 saturated carbocycles. The van der Waals surface area contributed by atoms with Crippen molar-refractivity contribution >= 4 is 49.3 Å². The number of hydrogen-bond donors (Lipinski definition) is 0. The van der Waals surface area contributed by atoms with Crippen LogP contribution in [0.3, 0.4) is 0 Å². The Morgan fingerprint density at radius 3 is 1.47 bits per heavy atom. The van der Waals surface area contributed by atoms with Crippen molar-refractivity contribution in [2.24, 2.45) is 0 Å². The van der Waals surface area contributed by atoms with E-state index < -0.39 is 23.5 Å². The molecule has 0 amide bonds. The summed E-state index contributed by atoms with van der Waals surface area (Å²) in [6.45, 7) is 7.94. The highest BCUT2D eigenvalue weighted by molar-refractivity contribution is 6.11. The number of halogens is 6. The lowest BCUT2D eigenvalue weighted by Gasteiger charge is -2.17.